The average Bonchev–Trinajstić information content (AvgIpc) is 2.83. The standard InChI is InChI=1S/C13H13N5O/c1-7(8-5-3-2-4-6-8)10-15-9-11(16-10)17-13(14)18-12(9)19/h2-7H,1H3,(H4,14,15,16,17,18,19). The number of nitrogen functional groups attached to an aromatic ring is 1. The van der Waals surface area contributed by atoms with Gasteiger partial charge in [0.2, 0.25) is 5.95 Å². The summed E-state index contributed by atoms with van der Waals surface area (Å²) in [5.41, 5.74) is 7.01. The van der Waals surface area contributed by atoms with E-state index in [1.54, 1.807) is 0 Å². The van der Waals surface area contributed by atoms with Crippen molar-refractivity contribution in [1.82, 2.24) is 19.9 Å². The van der Waals surface area contributed by atoms with Gasteiger partial charge in [0, 0.05) is 5.92 Å². The second-order valence-corrected chi connectivity index (χ2v) is 4.40. The van der Waals surface area contributed by atoms with Crippen LogP contribution in [0, 0.1) is 0 Å². The van der Waals surface area contributed by atoms with Crippen LogP contribution in [0.1, 0.15) is 24.2 Å². The molecule has 1 aromatic carbocycles. The minimum Gasteiger partial charge on any atom is -0.369 e. The van der Waals surface area contributed by atoms with E-state index in [0.29, 0.717) is 17.0 Å². The molecular weight excluding hydrogens is 242 g/mol. The molecule has 0 saturated carbocycles. The maximum atomic E-state index is 11.7. The highest BCUT2D eigenvalue weighted by molar-refractivity contribution is 5.70. The number of hydrogen-bond donors (Lipinski definition) is 3. The second-order valence-electron chi connectivity index (χ2n) is 4.40. The molecule has 2 aromatic heterocycles. The Labute approximate surface area is 108 Å². The molecule has 19 heavy (non-hydrogen) atoms. The monoisotopic (exact) mass is 255 g/mol. The summed E-state index contributed by atoms with van der Waals surface area (Å²) in [6.45, 7) is 2.02. The Morgan fingerprint density at radius 2 is 1.89 bits per heavy atom. The number of anilines is 1. The number of fused-ring (bicyclic) bond motifs is 1. The second kappa shape index (κ2) is 4.24. The van der Waals surface area contributed by atoms with Gasteiger partial charge in [0.25, 0.3) is 5.56 Å². The Morgan fingerprint density at radius 1 is 1.16 bits per heavy atom. The van der Waals surface area contributed by atoms with Crippen LogP contribution >= 0.6 is 0 Å². The molecule has 0 fully saturated rings. The lowest BCUT2D eigenvalue weighted by Crippen LogP contribution is -2.10. The highest BCUT2D eigenvalue weighted by Crippen LogP contribution is 2.22. The minimum absolute atomic E-state index is 0.0519. The van der Waals surface area contributed by atoms with Crippen molar-refractivity contribution < 1.29 is 0 Å². The van der Waals surface area contributed by atoms with Crippen LogP contribution in [0.25, 0.3) is 11.2 Å². The number of aromatic nitrogens is 4. The van der Waals surface area contributed by atoms with Crippen molar-refractivity contribution >= 4 is 17.1 Å². The van der Waals surface area contributed by atoms with Crippen LogP contribution in [0.15, 0.2) is 35.1 Å². The molecule has 3 rings (SSSR count). The van der Waals surface area contributed by atoms with Gasteiger partial charge in [0.15, 0.2) is 11.2 Å². The van der Waals surface area contributed by atoms with Crippen molar-refractivity contribution in [2.24, 2.45) is 0 Å². The summed E-state index contributed by atoms with van der Waals surface area (Å²) in [6, 6.07) is 9.94. The molecule has 0 bridgehead atoms. The number of nitrogens with one attached hydrogen (secondary N) is 2. The minimum atomic E-state index is -0.304. The van der Waals surface area contributed by atoms with Crippen LogP contribution in [0.2, 0.25) is 0 Å². The van der Waals surface area contributed by atoms with E-state index >= 15 is 0 Å². The molecule has 0 aliphatic heterocycles. The van der Waals surface area contributed by atoms with Gasteiger partial charge in [0.1, 0.15) is 5.82 Å². The molecular formula is C13H13N5O. The zero-order valence-corrected chi connectivity index (χ0v) is 10.3. The fourth-order valence-corrected chi connectivity index (χ4v) is 2.05. The fourth-order valence-electron chi connectivity index (χ4n) is 2.05. The molecule has 4 N–H and O–H groups in total. The molecule has 6 nitrogen and oxygen atoms in total. The van der Waals surface area contributed by atoms with Crippen LogP contribution in [0.5, 0.6) is 0 Å². The van der Waals surface area contributed by atoms with E-state index in [-0.39, 0.29) is 17.4 Å². The number of H-pyrrole nitrogens is 2. The smallest absolute Gasteiger partial charge is 0.278 e. The molecule has 0 aliphatic carbocycles. The summed E-state index contributed by atoms with van der Waals surface area (Å²) in [7, 11) is 0. The first kappa shape index (κ1) is 11.5. The fraction of sp³-hybridized carbons (Fsp3) is 0.154. The molecule has 0 aliphatic rings. The Hall–Kier alpha value is -2.63. The number of imidazole rings is 1. The lowest BCUT2D eigenvalue weighted by Gasteiger charge is -2.07. The number of rotatable bonds is 2. The van der Waals surface area contributed by atoms with Gasteiger partial charge in [-0.2, -0.15) is 4.98 Å². The van der Waals surface area contributed by atoms with Gasteiger partial charge in [-0.1, -0.05) is 37.3 Å². The Kier molecular flexibility index (Phi) is 2.56. The van der Waals surface area contributed by atoms with Crippen LogP contribution in [-0.4, -0.2) is 19.9 Å². The molecule has 1 atom stereocenters. The molecule has 1 unspecified atom stereocenters. The first-order chi connectivity index (χ1) is 9.15. The largest absolute Gasteiger partial charge is 0.369 e. The number of nitrogens with zero attached hydrogens (tertiary/aromatic N) is 2. The summed E-state index contributed by atoms with van der Waals surface area (Å²) < 4.78 is 0. The molecule has 96 valence electrons. The van der Waals surface area contributed by atoms with E-state index in [0.717, 1.165) is 5.56 Å². The number of aromatic amines is 2. The van der Waals surface area contributed by atoms with E-state index in [2.05, 4.69) is 19.9 Å². The quantitative estimate of drug-likeness (QED) is 0.644. The maximum absolute atomic E-state index is 11.7. The zero-order chi connectivity index (χ0) is 13.4. The molecule has 0 amide bonds. The van der Waals surface area contributed by atoms with Gasteiger partial charge in [-0.05, 0) is 5.56 Å². The van der Waals surface area contributed by atoms with Gasteiger partial charge in [-0.15, -0.1) is 0 Å². The zero-order valence-electron chi connectivity index (χ0n) is 10.3. The van der Waals surface area contributed by atoms with E-state index in [1.807, 2.05) is 37.3 Å². The normalized spacial score (nSPS) is 12.7. The summed E-state index contributed by atoms with van der Waals surface area (Å²) >= 11 is 0. The highest BCUT2D eigenvalue weighted by Gasteiger charge is 2.15. The van der Waals surface area contributed by atoms with Gasteiger partial charge in [-0.3, -0.25) is 9.78 Å². The van der Waals surface area contributed by atoms with Gasteiger partial charge >= 0.3 is 0 Å². The Balaban J connectivity index is 2.12. The van der Waals surface area contributed by atoms with Crippen molar-refractivity contribution in [1.29, 1.82) is 0 Å². The summed E-state index contributed by atoms with van der Waals surface area (Å²) in [6.07, 6.45) is 0. The first-order valence-electron chi connectivity index (χ1n) is 5.95. The van der Waals surface area contributed by atoms with Crippen molar-refractivity contribution in [3.8, 4) is 0 Å². The molecule has 0 spiro atoms. The van der Waals surface area contributed by atoms with Crippen LogP contribution in [0.4, 0.5) is 5.95 Å². The number of hydrogen-bond acceptors (Lipinski definition) is 4. The van der Waals surface area contributed by atoms with E-state index in [1.165, 1.54) is 0 Å². The summed E-state index contributed by atoms with van der Waals surface area (Å²) in [4.78, 5) is 25.5. The number of benzene rings is 1. The van der Waals surface area contributed by atoms with E-state index in [4.69, 9.17) is 5.73 Å². The van der Waals surface area contributed by atoms with E-state index < -0.39 is 0 Å². The van der Waals surface area contributed by atoms with Gasteiger partial charge in [0.05, 0.1) is 0 Å². The Bertz CT molecular complexity index is 775. The lowest BCUT2D eigenvalue weighted by molar-refractivity contribution is 0.844. The van der Waals surface area contributed by atoms with Gasteiger partial charge in [-0.25, -0.2) is 4.98 Å². The lowest BCUT2D eigenvalue weighted by atomic mass is 10.0. The van der Waals surface area contributed by atoms with Crippen LogP contribution in [0.3, 0.4) is 0 Å². The third-order valence-corrected chi connectivity index (χ3v) is 3.11. The van der Waals surface area contributed by atoms with E-state index in [9.17, 15) is 4.79 Å². The predicted molar refractivity (Wildman–Crippen MR) is 72.9 cm³/mol. The van der Waals surface area contributed by atoms with Crippen LogP contribution < -0.4 is 11.3 Å². The Morgan fingerprint density at radius 3 is 2.63 bits per heavy atom. The molecule has 0 radical (unpaired) electrons. The van der Waals surface area contributed by atoms with Crippen LogP contribution in [-0.2, 0) is 0 Å². The SMILES string of the molecule is CC(c1ccccc1)c1nc2nc(N)[nH]c(=O)c2[nH]1. The summed E-state index contributed by atoms with van der Waals surface area (Å²) in [5.74, 6) is 0.823. The predicted octanol–water partition coefficient (Wildman–Crippen LogP) is 1.38. The van der Waals surface area contributed by atoms with Gasteiger partial charge < -0.3 is 10.7 Å². The third kappa shape index (κ3) is 1.97. The van der Waals surface area contributed by atoms with Crippen molar-refractivity contribution in [3.63, 3.8) is 0 Å². The van der Waals surface area contributed by atoms with Crippen molar-refractivity contribution in [2.45, 2.75) is 12.8 Å². The van der Waals surface area contributed by atoms with Crippen molar-refractivity contribution in [3.05, 3.63) is 52.1 Å². The molecule has 3 aromatic rings. The molecule has 0 saturated heterocycles. The van der Waals surface area contributed by atoms with Crippen molar-refractivity contribution in [2.75, 3.05) is 5.73 Å². The molecule has 6 heteroatoms. The highest BCUT2D eigenvalue weighted by atomic mass is 16.1. The third-order valence-electron chi connectivity index (χ3n) is 3.11. The average molecular weight is 255 g/mol. The first-order valence-corrected chi connectivity index (χ1v) is 5.95. The molecule has 2 heterocycles. The summed E-state index contributed by atoms with van der Waals surface area (Å²) in [5, 5.41) is 0. The number of nitrogens with two attached hydrogens (primary N) is 1. The maximum Gasteiger partial charge on any atom is 0.278 e. The topological polar surface area (TPSA) is 100 Å².